The summed E-state index contributed by atoms with van der Waals surface area (Å²) in [5.41, 5.74) is 7.33. The Hall–Kier alpha value is -1.46. The molecule has 0 saturated carbocycles. The number of rotatable bonds is 4. The van der Waals surface area contributed by atoms with Gasteiger partial charge in [-0.25, -0.2) is 0 Å². The molecular weight excluding hydrogens is 262 g/mol. The van der Waals surface area contributed by atoms with Crippen molar-refractivity contribution in [3.8, 4) is 0 Å². The number of thiocarbonyl (C=S) groups is 1. The number of nitrogens with zero attached hydrogens (tertiary/aromatic N) is 2. The van der Waals surface area contributed by atoms with Crippen LogP contribution in [0.15, 0.2) is 35.8 Å². The fraction of sp³-hybridized carbons (Fsp3) is 0.231. The molecule has 2 N–H and O–H groups in total. The highest BCUT2D eigenvalue weighted by molar-refractivity contribution is 7.80. The Kier molecular flexibility index (Phi) is 3.93. The lowest BCUT2D eigenvalue weighted by atomic mass is 10.2. The summed E-state index contributed by atoms with van der Waals surface area (Å²) >= 11 is 6.71. The molecule has 1 atom stereocenters. The van der Waals surface area contributed by atoms with Crippen LogP contribution in [0.1, 0.15) is 23.5 Å². The minimum Gasteiger partial charge on any atom is -0.388 e. The molecule has 0 aromatic carbocycles. The lowest BCUT2D eigenvalue weighted by Crippen LogP contribution is -2.21. The van der Waals surface area contributed by atoms with Gasteiger partial charge in [-0.1, -0.05) is 18.3 Å². The second-order valence-electron chi connectivity index (χ2n) is 4.07. The van der Waals surface area contributed by atoms with E-state index in [0.717, 1.165) is 5.69 Å². The van der Waals surface area contributed by atoms with E-state index in [4.69, 9.17) is 18.0 Å². The number of thiophene rings is 1. The van der Waals surface area contributed by atoms with Crippen LogP contribution in [0.4, 0.5) is 5.69 Å². The zero-order valence-corrected chi connectivity index (χ0v) is 12.0. The van der Waals surface area contributed by atoms with Crippen molar-refractivity contribution >= 4 is 34.2 Å². The molecule has 0 aliphatic carbocycles. The molecule has 0 spiro atoms. The molecule has 2 aromatic rings. The number of aromatic nitrogens is 1. The molecule has 0 saturated heterocycles. The molecule has 18 heavy (non-hydrogen) atoms. The first-order valence-electron chi connectivity index (χ1n) is 5.61. The highest BCUT2D eigenvalue weighted by atomic mass is 32.1. The second-order valence-corrected chi connectivity index (χ2v) is 5.48. The predicted octanol–water partition coefficient (Wildman–Crippen LogP) is 2.97. The molecule has 0 amide bonds. The molecule has 5 heteroatoms. The average molecular weight is 277 g/mol. The fourth-order valence-corrected chi connectivity index (χ4v) is 2.66. The fourth-order valence-electron chi connectivity index (χ4n) is 1.72. The predicted molar refractivity (Wildman–Crippen MR) is 81.3 cm³/mol. The summed E-state index contributed by atoms with van der Waals surface area (Å²) < 4.78 is 0. The average Bonchev–Trinajstić information content (AvgIpc) is 2.91. The summed E-state index contributed by atoms with van der Waals surface area (Å²) in [6.07, 6.45) is 1.74. The van der Waals surface area contributed by atoms with E-state index in [2.05, 4.69) is 41.4 Å². The number of anilines is 1. The normalized spacial score (nSPS) is 12.1. The van der Waals surface area contributed by atoms with Crippen LogP contribution in [0, 0.1) is 0 Å². The lowest BCUT2D eigenvalue weighted by molar-refractivity contribution is 0.753. The highest BCUT2D eigenvalue weighted by Gasteiger charge is 2.14. The quantitative estimate of drug-likeness (QED) is 0.872. The maximum absolute atomic E-state index is 5.61. The second kappa shape index (κ2) is 5.46. The van der Waals surface area contributed by atoms with Crippen molar-refractivity contribution in [1.82, 2.24) is 4.98 Å². The largest absolute Gasteiger partial charge is 0.388 e. The molecule has 94 valence electrons. The highest BCUT2D eigenvalue weighted by Crippen LogP contribution is 2.28. The maximum Gasteiger partial charge on any atom is 0.122 e. The first-order valence-corrected chi connectivity index (χ1v) is 6.90. The van der Waals surface area contributed by atoms with Crippen LogP contribution in [0.3, 0.4) is 0 Å². The Bertz CT molecular complexity index is 537. The van der Waals surface area contributed by atoms with Crippen LogP contribution >= 0.6 is 23.6 Å². The van der Waals surface area contributed by atoms with Gasteiger partial charge in [0.2, 0.25) is 0 Å². The zero-order chi connectivity index (χ0) is 13.1. The molecule has 2 heterocycles. The first kappa shape index (κ1) is 13.0. The van der Waals surface area contributed by atoms with Crippen molar-refractivity contribution in [3.63, 3.8) is 0 Å². The van der Waals surface area contributed by atoms with Gasteiger partial charge < -0.3 is 10.6 Å². The summed E-state index contributed by atoms with van der Waals surface area (Å²) in [7, 11) is 2.06. The molecule has 0 radical (unpaired) electrons. The van der Waals surface area contributed by atoms with Crippen molar-refractivity contribution in [2.75, 3.05) is 11.9 Å². The molecule has 3 nitrogen and oxygen atoms in total. The molecule has 1 unspecified atom stereocenters. The van der Waals surface area contributed by atoms with Crippen molar-refractivity contribution < 1.29 is 0 Å². The third-order valence-corrected chi connectivity index (χ3v) is 4.19. The van der Waals surface area contributed by atoms with E-state index in [9.17, 15) is 0 Å². The summed E-state index contributed by atoms with van der Waals surface area (Å²) in [6, 6.07) is 8.41. The van der Waals surface area contributed by atoms with Gasteiger partial charge in [0.05, 0.1) is 11.7 Å². The number of nitrogens with two attached hydrogens (primary N) is 1. The van der Waals surface area contributed by atoms with E-state index in [1.165, 1.54) is 4.88 Å². The van der Waals surface area contributed by atoms with E-state index in [-0.39, 0.29) is 0 Å². The van der Waals surface area contributed by atoms with Crippen molar-refractivity contribution in [2.45, 2.75) is 13.0 Å². The van der Waals surface area contributed by atoms with Gasteiger partial charge in [0, 0.05) is 23.8 Å². The van der Waals surface area contributed by atoms with Crippen LogP contribution < -0.4 is 10.6 Å². The van der Waals surface area contributed by atoms with Gasteiger partial charge in [0.15, 0.2) is 0 Å². The monoisotopic (exact) mass is 277 g/mol. The van der Waals surface area contributed by atoms with Gasteiger partial charge in [0.25, 0.3) is 0 Å². The Morgan fingerprint density at radius 2 is 2.28 bits per heavy atom. The zero-order valence-electron chi connectivity index (χ0n) is 10.3. The topological polar surface area (TPSA) is 42.2 Å². The van der Waals surface area contributed by atoms with Crippen LogP contribution in [0.5, 0.6) is 0 Å². The summed E-state index contributed by atoms with van der Waals surface area (Å²) in [5.74, 6) is 0. The Morgan fingerprint density at radius 3 is 2.89 bits per heavy atom. The van der Waals surface area contributed by atoms with E-state index in [1.807, 2.05) is 12.1 Å². The SMILES string of the molecule is CC(c1cccs1)N(C)c1ccnc(C(N)=S)c1. The van der Waals surface area contributed by atoms with Gasteiger partial charge in [-0.2, -0.15) is 0 Å². The van der Waals surface area contributed by atoms with E-state index >= 15 is 0 Å². The van der Waals surface area contributed by atoms with Crippen LogP contribution in [-0.2, 0) is 0 Å². The third-order valence-electron chi connectivity index (χ3n) is 2.94. The van der Waals surface area contributed by atoms with Crippen LogP contribution in [-0.4, -0.2) is 17.0 Å². The summed E-state index contributed by atoms with van der Waals surface area (Å²) in [6.45, 7) is 2.17. The van der Waals surface area contributed by atoms with Crippen LogP contribution in [0.25, 0.3) is 0 Å². The van der Waals surface area contributed by atoms with Crippen molar-refractivity contribution in [2.24, 2.45) is 5.73 Å². The van der Waals surface area contributed by atoms with E-state index < -0.39 is 0 Å². The molecule has 2 aromatic heterocycles. The van der Waals surface area contributed by atoms with Gasteiger partial charge in [-0.3, -0.25) is 4.98 Å². The minimum absolute atomic E-state index is 0.312. The van der Waals surface area contributed by atoms with Gasteiger partial charge in [0.1, 0.15) is 4.99 Å². The molecule has 0 bridgehead atoms. The Balaban J connectivity index is 2.25. The smallest absolute Gasteiger partial charge is 0.122 e. The Morgan fingerprint density at radius 1 is 1.50 bits per heavy atom. The summed E-state index contributed by atoms with van der Waals surface area (Å²) in [4.78, 5) is 8.00. The minimum atomic E-state index is 0.312. The molecule has 0 fully saturated rings. The number of hydrogen-bond donors (Lipinski definition) is 1. The van der Waals surface area contributed by atoms with Gasteiger partial charge >= 0.3 is 0 Å². The number of hydrogen-bond acceptors (Lipinski definition) is 4. The van der Waals surface area contributed by atoms with E-state index in [1.54, 1.807) is 17.5 Å². The molecule has 0 aliphatic heterocycles. The molecular formula is C13H15N3S2. The number of pyridine rings is 1. The van der Waals surface area contributed by atoms with E-state index in [0.29, 0.717) is 16.7 Å². The lowest BCUT2D eigenvalue weighted by Gasteiger charge is -2.26. The van der Waals surface area contributed by atoms with Gasteiger partial charge in [-0.05, 0) is 30.5 Å². The molecule has 0 aliphatic rings. The van der Waals surface area contributed by atoms with Crippen molar-refractivity contribution in [3.05, 3.63) is 46.4 Å². The van der Waals surface area contributed by atoms with Crippen LogP contribution in [0.2, 0.25) is 0 Å². The maximum atomic E-state index is 5.61. The first-order chi connectivity index (χ1) is 8.59. The van der Waals surface area contributed by atoms with Gasteiger partial charge in [-0.15, -0.1) is 11.3 Å². The summed E-state index contributed by atoms with van der Waals surface area (Å²) in [5, 5.41) is 2.09. The molecule has 2 rings (SSSR count). The third kappa shape index (κ3) is 2.68. The van der Waals surface area contributed by atoms with Crippen molar-refractivity contribution in [1.29, 1.82) is 0 Å². The Labute approximate surface area is 116 Å². The standard InChI is InChI=1S/C13H15N3S2/c1-9(12-4-3-7-18-12)16(2)10-5-6-15-11(8-10)13(14)17/h3-9H,1-2H3,(H2,14,17).